The van der Waals surface area contributed by atoms with Gasteiger partial charge in [0, 0.05) is 11.1 Å². The van der Waals surface area contributed by atoms with Crippen LogP contribution in [0.5, 0.6) is 0 Å². The van der Waals surface area contributed by atoms with Crippen LogP contribution in [0.1, 0.15) is 38.2 Å². The number of benzene rings is 1. The van der Waals surface area contributed by atoms with Crippen molar-refractivity contribution in [1.29, 1.82) is 5.26 Å². The SMILES string of the molecule is CCC1CCC(Nc2cc(Cl)ccc2C#N)C1. The van der Waals surface area contributed by atoms with Crippen LogP contribution in [-0.4, -0.2) is 6.04 Å². The normalized spacial score (nSPS) is 23.4. The molecule has 1 aliphatic carbocycles. The minimum Gasteiger partial charge on any atom is -0.381 e. The Morgan fingerprint density at radius 2 is 2.29 bits per heavy atom. The number of halogens is 1. The lowest BCUT2D eigenvalue weighted by Crippen LogP contribution is -2.16. The fourth-order valence-corrected chi connectivity index (χ4v) is 2.70. The zero-order valence-electron chi connectivity index (χ0n) is 10.0. The molecule has 0 spiro atoms. The molecule has 2 unspecified atom stereocenters. The highest BCUT2D eigenvalue weighted by Gasteiger charge is 2.23. The molecule has 1 N–H and O–H groups in total. The molecule has 1 fully saturated rings. The Hall–Kier alpha value is -1.20. The van der Waals surface area contributed by atoms with Gasteiger partial charge in [0.25, 0.3) is 0 Å². The molecule has 1 saturated carbocycles. The Balaban J connectivity index is 2.09. The molecule has 0 aromatic heterocycles. The molecule has 1 aliphatic rings. The lowest BCUT2D eigenvalue weighted by Gasteiger charge is -2.15. The van der Waals surface area contributed by atoms with Crippen molar-refractivity contribution < 1.29 is 0 Å². The molecule has 2 rings (SSSR count). The van der Waals surface area contributed by atoms with Gasteiger partial charge in [-0.3, -0.25) is 0 Å². The van der Waals surface area contributed by atoms with Gasteiger partial charge >= 0.3 is 0 Å². The molecule has 2 nitrogen and oxygen atoms in total. The molecule has 1 aromatic carbocycles. The van der Waals surface area contributed by atoms with Gasteiger partial charge < -0.3 is 5.32 Å². The van der Waals surface area contributed by atoms with Gasteiger partial charge in [-0.2, -0.15) is 5.26 Å². The van der Waals surface area contributed by atoms with Crippen LogP contribution in [0.2, 0.25) is 5.02 Å². The van der Waals surface area contributed by atoms with Crippen LogP contribution >= 0.6 is 11.6 Å². The molecule has 1 aromatic rings. The summed E-state index contributed by atoms with van der Waals surface area (Å²) in [4.78, 5) is 0. The van der Waals surface area contributed by atoms with Crippen molar-refractivity contribution in [3.63, 3.8) is 0 Å². The lowest BCUT2D eigenvalue weighted by molar-refractivity contribution is 0.525. The first-order valence-electron chi connectivity index (χ1n) is 6.19. The zero-order valence-corrected chi connectivity index (χ0v) is 10.8. The Morgan fingerprint density at radius 1 is 1.47 bits per heavy atom. The van der Waals surface area contributed by atoms with E-state index in [1.54, 1.807) is 12.1 Å². The van der Waals surface area contributed by atoms with E-state index in [-0.39, 0.29) is 0 Å². The van der Waals surface area contributed by atoms with Gasteiger partial charge in [0.15, 0.2) is 0 Å². The number of hydrogen-bond acceptors (Lipinski definition) is 2. The summed E-state index contributed by atoms with van der Waals surface area (Å²) in [5.74, 6) is 0.831. The van der Waals surface area contributed by atoms with Gasteiger partial charge in [-0.25, -0.2) is 0 Å². The van der Waals surface area contributed by atoms with Crippen molar-refractivity contribution in [2.75, 3.05) is 5.32 Å². The molecule has 90 valence electrons. The molecule has 2 atom stereocenters. The van der Waals surface area contributed by atoms with Gasteiger partial charge in [0.1, 0.15) is 6.07 Å². The van der Waals surface area contributed by atoms with Gasteiger partial charge in [-0.05, 0) is 43.4 Å². The summed E-state index contributed by atoms with van der Waals surface area (Å²) in [6, 6.07) is 8.07. The summed E-state index contributed by atoms with van der Waals surface area (Å²) < 4.78 is 0. The van der Waals surface area contributed by atoms with Gasteiger partial charge in [-0.15, -0.1) is 0 Å². The second-order valence-electron chi connectivity index (χ2n) is 4.73. The fraction of sp³-hybridized carbons (Fsp3) is 0.500. The van der Waals surface area contributed by atoms with Gasteiger partial charge in [-0.1, -0.05) is 24.9 Å². The summed E-state index contributed by atoms with van der Waals surface area (Å²) >= 11 is 5.97. The molecule has 0 amide bonds. The third-order valence-corrected chi connectivity index (χ3v) is 3.82. The number of hydrogen-bond donors (Lipinski definition) is 1. The van der Waals surface area contributed by atoms with Crippen molar-refractivity contribution in [1.82, 2.24) is 0 Å². The van der Waals surface area contributed by atoms with Crippen molar-refractivity contribution in [3.8, 4) is 6.07 Å². The summed E-state index contributed by atoms with van der Waals surface area (Å²) in [7, 11) is 0. The van der Waals surface area contributed by atoms with Crippen molar-refractivity contribution in [2.24, 2.45) is 5.92 Å². The average Bonchev–Trinajstić information content (AvgIpc) is 2.77. The molecule has 0 radical (unpaired) electrons. The van der Waals surface area contributed by atoms with Crippen molar-refractivity contribution in [2.45, 2.75) is 38.6 Å². The Morgan fingerprint density at radius 3 is 2.94 bits per heavy atom. The minimum atomic E-state index is 0.491. The summed E-state index contributed by atoms with van der Waals surface area (Å²) in [5.41, 5.74) is 1.55. The minimum absolute atomic E-state index is 0.491. The standard InChI is InChI=1S/C14H17ClN2/c1-2-10-3-6-13(7-10)17-14-8-12(15)5-4-11(14)9-16/h4-5,8,10,13,17H,2-3,6-7H2,1H3. The van der Waals surface area contributed by atoms with Crippen LogP contribution in [0, 0.1) is 17.2 Å². The highest BCUT2D eigenvalue weighted by Crippen LogP contribution is 2.31. The second-order valence-corrected chi connectivity index (χ2v) is 5.17. The summed E-state index contributed by atoms with van der Waals surface area (Å²) in [5, 5.41) is 13.2. The van der Waals surface area contributed by atoms with E-state index in [9.17, 15) is 0 Å². The number of nitrogens with zero attached hydrogens (tertiary/aromatic N) is 1. The molecule has 0 heterocycles. The van der Waals surface area contributed by atoms with Crippen molar-refractivity contribution >= 4 is 17.3 Å². The van der Waals surface area contributed by atoms with E-state index >= 15 is 0 Å². The number of rotatable bonds is 3. The fourth-order valence-electron chi connectivity index (χ4n) is 2.53. The highest BCUT2D eigenvalue weighted by atomic mass is 35.5. The van der Waals surface area contributed by atoms with Crippen LogP contribution in [0.4, 0.5) is 5.69 Å². The summed E-state index contributed by atoms with van der Waals surface area (Å²) in [6.45, 7) is 2.24. The first kappa shape index (κ1) is 12.3. The van der Waals surface area contributed by atoms with Crippen molar-refractivity contribution in [3.05, 3.63) is 28.8 Å². The second kappa shape index (κ2) is 5.42. The topological polar surface area (TPSA) is 35.8 Å². The maximum atomic E-state index is 9.05. The predicted octanol–water partition coefficient (Wildman–Crippen LogP) is 4.20. The first-order chi connectivity index (χ1) is 8.22. The van der Waals surface area contributed by atoms with E-state index in [0.29, 0.717) is 16.6 Å². The van der Waals surface area contributed by atoms with Crippen LogP contribution in [-0.2, 0) is 0 Å². The van der Waals surface area contributed by atoms with E-state index in [4.69, 9.17) is 16.9 Å². The van der Waals surface area contributed by atoms with E-state index in [1.165, 1.54) is 25.7 Å². The number of nitriles is 1. The quantitative estimate of drug-likeness (QED) is 0.870. The maximum Gasteiger partial charge on any atom is 0.101 e. The smallest absolute Gasteiger partial charge is 0.101 e. The van der Waals surface area contributed by atoms with E-state index in [2.05, 4.69) is 18.3 Å². The molecule has 0 aliphatic heterocycles. The third-order valence-electron chi connectivity index (χ3n) is 3.58. The van der Waals surface area contributed by atoms with Crippen LogP contribution < -0.4 is 5.32 Å². The molecular weight excluding hydrogens is 232 g/mol. The Labute approximate surface area is 108 Å². The molecule has 3 heteroatoms. The largest absolute Gasteiger partial charge is 0.381 e. The van der Waals surface area contributed by atoms with Crippen LogP contribution in [0.15, 0.2) is 18.2 Å². The molecular formula is C14H17ClN2. The Bertz CT molecular complexity index is 436. The lowest BCUT2D eigenvalue weighted by atomic mass is 10.1. The summed E-state index contributed by atoms with van der Waals surface area (Å²) in [6.07, 6.45) is 4.93. The number of nitrogens with one attached hydrogen (secondary N) is 1. The number of anilines is 1. The van der Waals surface area contributed by atoms with Gasteiger partial charge in [0.2, 0.25) is 0 Å². The maximum absolute atomic E-state index is 9.05. The van der Waals surface area contributed by atoms with E-state index in [1.807, 2.05) is 6.07 Å². The first-order valence-corrected chi connectivity index (χ1v) is 6.57. The van der Waals surface area contributed by atoms with E-state index in [0.717, 1.165) is 11.6 Å². The Kier molecular flexibility index (Phi) is 3.91. The van der Waals surface area contributed by atoms with Crippen LogP contribution in [0.25, 0.3) is 0 Å². The predicted molar refractivity (Wildman–Crippen MR) is 71.2 cm³/mol. The molecule has 0 saturated heterocycles. The monoisotopic (exact) mass is 248 g/mol. The van der Waals surface area contributed by atoms with Crippen LogP contribution in [0.3, 0.4) is 0 Å². The average molecular weight is 249 g/mol. The molecule has 0 bridgehead atoms. The molecule has 17 heavy (non-hydrogen) atoms. The van der Waals surface area contributed by atoms with E-state index < -0.39 is 0 Å². The highest BCUT2D eigenvalue weighted by molar-refractivity contribution is 6.30. The zero-order chi connectivity index (χ0) is 12.3. The third kappa shape index (κ3) is 2.92. The van der Waals surface area contributed by atoms with Gasteiger partial charge in [0.05, 0.1) is 11.3 Å².